The molecule has 2 fully saturated rings. The highest BCUT2D eigenvalue weighted by atomic mass is 16.2. The van der Waals surface area contributed by atoms with Crippen molar-refractivity contribution in [3.63, 3.8) is 0 Å². The zero-order valence-corrected chi connectivity index (χ0v) is 16.2. The molecular weight excluding hydrogens is 324 g/mol. The Morgan fingerprint density at radius 1 is 1.35 bits per heavy atom. The van der Waals surface area contributed by atoms with Gasteiger partial charge in [-0.1, -0.05) is 26.8 Å². The molecule has 140 valence electrons. The summed E-state index contributed by atoms with van der Waals surface area (Å²) in [7, 11) is 0. The third-order valence-electron chi connectivity index (χ3n) is 6.27. The van der Waals surface area contributed by atoms with Gasteiger partial charge < -0.3 is 0 Å². The van der Waals surface area contributed by atoms with Crippen LogP contribution in [-0.4, -0.2) is 51.7 Å². The van der Waals surface area contributed by atoms with Crippen molar-refractivity contribution in [1.29, 1.82) is 0 Å². The van der Waals surface area contributed by atoms with Crippen LogP contribution in [0.5, 0.6) is 0 Å². The molecule has 2 aliphatic heterocycles. The zero-order chi connectivity index (χ0) is 18.3. The number of aromatic nitrogens is 1. The molecule has 1 saturated carbocycles. The molecule has 1 aromatic heterocycles. The molecule has 26 heavy (non-hydrogen) atoms. The number of nitrogens with zero attached hydrogens (tertiary/aromatic N) is 4. The SMILES string of the molecule is CCC1=N[C@@]2(CC[C@@H]3CN(Cc4cccnc4)C[C@@H]32)C(=O)N1CC(C)C. The summed E-state index contributed by atoms with van der Waals surface area (Å²) >= 11 is 0. The van der Waals surface area contributed by atoms with Gasteiger partial charge in [0.1, 0.15) is 11.4 Å². The Morgan fingerprint density at radius 2 is 2.19 bits per heavy atom. The van der Waals surface area contributed by atoms with Crippen LogP contribution in [0.25, 0.3) is 0 Å². The molecule has 1 amide bonds. The molecule has 0 unspecified atom stereocenters. The lowest BCUT2D eigenvalue weighted by atomic mass is 9.85. The van der Waals surface area contributed by atoms with E-state index in [2.05, 4.69) is 36.7 Å². The molecule has 1 aliphatic carbocycles. The summed E-state index contributed by atoms with van der Waals surface area (Å²) in [6.45, 7) is 10.2. The van der Waals surface area contributed by atoms with E-state index in [-0.39, 0.29) is 5.91 Å². The number of amides is 1. The summed E-state index contributed by atoms with van der Waals surface area (Å²) in [5.41, 5.74) is 0.771. The van der Waals surface area contributed by atoms with Crippen LogP contribution in [0.15, 0.2) is 29.5 Å². The van der Waals surface area contributed by atoms with E-state index >= 15 is 0 Å². The fraction of sp³-hybridized carbons (Fsp3) is 0.667. The molecule has 1 spiro atoms. The van der Waals surface area contributed by atoms with Gasteiger partial charge in [-0.05, 0) is 36.3 Å². The van der Waals surface area contributed by atoms with Crippen LogP contribution in [0.2, 0.25) is 0 Å². The van der Waals surface area contributed by atoms with Crippen LogP contribution >= 0.6 is 0 Å². The zero-order valence-electron chi connectivity index (χ0n) is 16.2. The van der Waals surface area contributed by atoms with Gasteiger partial charge in [0.15, 0.2) is 0 Å². The highest BCUT2D eigenvalue weighted by Crippen LogP contribution is 2.50. The molecule has 5 nitrogen and oxygen atoms in total. The van der Waals surface area contributed by atoms with Gasteiger partial charge in [0.2, 0.25) is 0 Å². The molecule has 3 aliphatic rings. The fourth-order valence-corrected chi connectivity index (χ4v) is 5.18. The third kappa shape index (κ3) is 2.86. The smallest absolute Gasteiger partial charge is 0.256 e. The van der Waals surface area contributed by atoms with E-state index in [0.717, 1.165) is 51.3 Å². The minimum Gasteiger partial charge on any atom is -0.298 e. The van der Waals surface area contributed by atoms with Gasteiger partial charge in [0, 0.05) is 50.9 Å². The quantitative estimate of drug-likeness (QED) is 0.817. The third-order valence-corrected chi connectivity index (χ3v) is 6.27. The number of carbonyl (C=O) groups excluding carboxylic acids is 1. The van der Waals surface area contributed by atoms with Crippen molar-refractivity contribution >= 4 is 11.7 Å². The number of rotatable bonds is 5. The first kappa shape index (κ1) is 17.7. The van der Waals surface area contributed by atoms with Crippen LogP contribution in [0.4, 0.5) is 0 Å². The van der Waals surface area contributed by atoms with Crippen molar-refractivity contribution in [2.75, 3.05) is 19.6 Å². The number of hydrogen-bond acceptors (Lipinski definition) is 4. The van der Waals surface area contributed by atoms with Crippen LogP contribution in [0, 0.1) is 17.8 Å². The molecule has 1 aromatic rings. The average Bonchev–Trinajstić information content (AvgIpc) is 3.25. The Bertz CT molecular complexity index is 701. The molecular formula is C21H30N4O. The Labute approximate surface area is 156 Å². The van der Waals surface area contributed by atoms with Gasteiger partial charge in [0.25, 0.3) is 5.91 Å². The lowest BCUT2D eigenvalue weighted by Gasteiger charge is -2.29. The van der Waals surface area contributed by atoms with E-state index in [1.54, 1.807) is 0 Å². The molecule has 0 aromatic carbocycles. The maximum absolute atomic E-state index is 13.4. The van der Waals surface area contributed by atoms with Gasteiger partial charge >= 0.3 is 0 Å². The van der Waals surface area contributed by atoms with Crippen molar-refractivity contribution in [2.45, 2.75) is 52.1 Å². The molecule has 0 bridgehead atoms. The van der Waals surface area contributed by atoms with Crippen molar-refractivity contribution in [2.24, 2.45) is 22.7 Å². The highest BCUT2D eigenvalue weighted by molar-refractivity contribution is 6.08. The first-order valence-corrected chi connectivity index (χ1v) is 10.1. The topological polar surface area (TPSA) is 48.8 Å². The molecule has 4 rings (SSSR count). The van der Waals surface area contributed by atoms with Gasteiger partial charge in [-0.25, -0.2) is 0 Å². The van der Waals surface area contributed by atoms with E-state index in [4.69, 9.17) is 4.99 Å². The normalized spacial score (nSPS) is 31.3. The molecule has 3 atom stereocenters. The van der Waals surface area contributed by atoms with Gasteiger partial charge in [0.05, 0.1) is 0 Å². The Morgan fingerprint density at radius 3 is 2.88 bits per heavy atom. The molecule has 5 heteroatoms. The predicted octanol–water partition coefficient (Wildman–Crippen LogP) is 2.97. The Kier molecular flexibility index (Phi) is 4.59. The number of amidine groups is 1. The second kappa shape index (κ2) is 6.76. The van der Waals surface area contributed by atoms with Gasteiger partial charge in [-0.2, -0.15) is 0 Å². The summed E-state index contributed by atoms with van der Waals surface area (Å²) in [6, 6.07) is 4.13. The van der Waals surface area contributed by atoms with Crippen molar-refractivity contribution in [3.05, 3.63) is 30.1 Å². The fourth-order valence-electron chi connectivity index (χ4n) is 5.18. The van der Waals surface area contributed by atoms with Crippen LogP contribution in [0.3, 0.4) is 0 Å². The maximum Gasteiger partial charge on any atom is 0.256 e. The summed E-state index contributed by atoms with van der Waals surface area (Å²) in [5.74, 6) is 2.71. The number of fused-ring (bicyclic) bond motifs is 2. The second-order valence-electron chi connectivity index (χ2n) is 8.58. The van der Waals surface area contributed by atoms with Gasteiger partial charge in [-0.3, -0.25) is 24.6 Å². The van der Waals surface area contributed by atoms with Crippen LogP contribution in [-0.2, 0) is 11.3 Å². The Balaban J connectivity index is 1.53. The lowest BCUT2D eigenvalue weighted by molar-refractivity contribution is -0.132. The summed E-state index contributed by atoms with van der Waals surface area (Å²) in [5, 5.41) is 0. The average molecular weight is 354 g/mol. The van der Waals surface area contributed by atoms with Crippen molar-refractivity contribution < 1.29 is 4.79 Å². The first-order chi connectivity index (χ1) is 12.5. The predicted molar refractivity (Wildman–Crippen MR) is 103 cm³/mol. The van der Waals surface area contributed by atoms with Crippen LogP contribution in [0.1, 0.15) is 45.6 Å². The number of carbonyl (C=O) groups is 1. The van der Waals surface area contributed by atoms with E-state index in [1.807, 2.05) is 23.4 Å². The lowest BCUT2D eigenvalue weighted by Crippen LogP contribution is -2.47. The summed E-state index contributed by atoms with van der Waals surface area (Å²) < 4.78 is 0. The monoisotopic (exact) mass is 354 g/mol. The summed E-state index contributed by atoms with van der Waals surface area (Å²) in [4.78, 5) is 27.2. The molecule has 0 radical (unpaired) electrons. The largest absolute Gasteiger partial charge is 0.298 e. The molecule has 1 saturated heterocycles. The van der Waals surface area contributed by atoms with E-state index in [1.165, 1.54) is 5.56 Å². The Hall–Kier alpha value is -1.75. The van der Waals surface area contributed by atoms with Crippen molar-refractivity contribution in [3.8, 4) is 0 Å². The number of pyridine rings is 1. The van der Waals surface area contributed by atoms with Gasteiger partial charge in [-0.15, -0.1) is 0 Å². The second-order valence-corrected chi connectivity index (χ2v) is 8.58. The maximum atomic E-state index is 13.4. The number of likely N-dealkylation sites (tertiary alicyclic amines) is 1. The number of aliphatic imine (C=N–C) groups is 1. The van der Waals surface area contributed by atoms with E-state index in [0.29, 0.717) is 17.8 Å². The van der Waals surface area contributed by atoms with Crippen LogP contribution < -0.4 is 0 Å². The first-order valence-electron chi connectivity index (χ1n) is 10.1. The van der Waals surface area contributed by atoms with Crippen molar-refractivity contribution in [1.82, 2.24) is 14.8 Å². The minimum atomic E-state index is -0.478. The number of hydrogen-bond donors (Lipinski definition) is 0. The van der Waals surface area contributed by atoms with E-state index < -0.39 is 5.54 Å². The van der Waals surface area contributed by atoms with E-state index in [9.17, 15) is 4.79 Å². The molecule has 0 N–H and O–H groups in total. The minimum absolute atomic E-state index is 0.277. The standard InChI is InChI=1S/C21H30N4O/c1-4-19-23-21(20(26)25(19)11-15(2)3)8-7-17-13-24(14-18(17)21)12-16-6-5-9-22-10-16/h5-6,9-10,15,17-18H,4,7-8,11-14H2,1-3H3/t17-,18+,21-/m1/s1. The summed E-state index contributed by atoms with van der Waals surface area (Å²) in [6.07, 6.45) is 6.66. The molecule has 3 heterocycles. The highest BCUT2D eigenvalue weighted by Gasteiger charge is 2.60.